The van der Waals surface area contributed by atoms with E-state index in [0.717, 1.165) is 13.0 Å². The van der Waals surface area contributed by atoms with E-state index in [-0.39, 0.29) is 24.0 Å². The second-order valence-corrected chi connectivity index (χ2v) is 5.19. The van der Waals surface area contributed by atoms with Gasteiger partial charge < -0.3 is 10.6 Å². The third kappa shape index (κ3) is 16.1. The van der Waals surface area contributed by atoms with Crippen molar-refractivity contribution < 1.29 is 13.2 Å². The summed E-state index contributed by atoms with van der Waals surface area (Å²) in [4.78, 5) is 5.36. The van der Waals surface area contributed by atoms with E-state index in [4.69, 9.17) is 0 Å². The van der Waals surface area contributed by atoms with Gasteiger partial charge in [-0.25, -0.2) is 0 Å². The largest absolute Gasteiger partial charge is 0.401 e. The Morgan fingerprint density at radius 2 is 1.64 bits per heavy atom. The molecule has 134 valence electrons. The summed E-state index contributed by atoms with van der Waals surface area (Å²) in [6, 6.07) is 0. The first-order valence-electron chi connectivity index (χ1n) is 7.59. The molecule has 0 aliphatic rings. The minimum Gasteiger partial charge on any atom is -0.356 e. The van der Waals surface area contributed by atoms with Crippen molar-refractivity contribution in [3.63, 3.8) is 0 Å². The monoisotopic (exact) mass is 438 g/mol. The molecule has 0 aromatic rings. The maximum absolute atomic E-state index is 12.1. The van der Waals surface area contributed by atoms with Crippen LogP contribution in [-0.4, -0.2) is 57.3 Å². The van der Waals surface area contributed by atoms with Crippen molar-refractivity contribution in [3.05, 3.63) is 0 Å². The highest BCUT2D eigenvalue weighted by atomic mass is 127. The Morgan fingerprint density at radius 3 is 2.14 bits per heavy atom. The third-order valence-corrected chi connectivity index (χ3v) is 3.00. The molecule has 0 aliphatic heterocycles. The number of unbranched alkanes of at least 4 members (excludes halogenated alkanes) is 3. The lowest BCUT2D eigenvalue weighted by Gasteiger charge is -2.18. The number of rotatable bonds is 10. The van der Waals surface area contributed by atoms with Crippen LogP contribution in [0.15, 0.2) is 4.99 Å². The number of nitrogens with one attached hydrogen (secondary N) is 2. The first kappa shape index (κ1) is 24.0. The van der Waals surface area contributed by atoms with Crippen molar-refractivity contribution in [2.45, 2.75) is 45.2 Å². The predicted octanol–water partition coefficient (Wildman–Crippen LogP) is 3.23. The van der Waals surface area contributed by atoms with Gasteiger partial charge in [0.2, 0.25) is 0 Å². The van der Waals surface area contributed by atoms with Crippen molar-refractivity contribution in [1.29, 1.82) is 0 Å². The second kappa shape index (κ2) is 14.3. The fraction of sp³-hybridized carbons (Fsp3) is 0.929. The Kier molecular flexibility index (Phi) is 15.7. The van der Waals surface area contributed by atoms with Crippen LogP contribution in [0.3, 0.4) is 0 Å². The maximum Gasteiger partial charge on any atom is 0.401 e. The van der Waals surface area contributed by atoms with Gasteiger partial charge in [0, 0.05) is 20.1 Å². The van der Waals surface area contributed by atoms with Gasteiger partial charge in [-0.15, -0.1) is 24.0 Å². The lowest BCUT2D eigenvalue weighted by molar-refractivity contribution is -0.143. The van der Waals surface area contributed by atoms with E-state index >= 15 is 0 Å². The summed E-state index contributed by atoms with van der Waals surface area (Å²) < 4.78 is 36.4. The van der Waals surface area contributed by atoms with Crippen LogP contribution in [0.5, 0.6) is 0 Å². The zero-order valence-electron chi connectivity index (χ0n) is 13.8. The van der Waals surface area contributed by atoms with Crippen LogP contribution in [0.1, 0.15) is 39.0 Å². The summed E-state index contributed by atoms with van der Waals surface area (Å²) in [5, 5.41) is 6.31. The Morgan fingerprint density at radius 1 is 1.05 bits per heavy atom. The summed E-state index contributed by atoms with van der Waals surface area (Å²) >= 11 is 0. The van der Waals surface area contributed by atoms with Crippen molar-refractivity contribution in [3.8, 4) is 0 Å². The summed E-state index contributed by atoms with van der Waals surface area (Å²) in [6.45, 7) is 3.19. The SMILES string of the molecule is CCCCCCNC(=NC)NCCCN(C)CC(F)(F)F.I. The molecule has 0 bridgehead atoms. The Hall–Kier alpha value is -0.250. The number of hydrogen-bond acceptors (Lipinski definition) is 2. The molecular formula is C14H30F3IN4. The number of hydrogen-bond donors (Lipinski definition) is 2. The normalized spacial score (nSPS) is 12.2. The lowest BCUT2D eigenvalue weighted by Crippen LogP contribution is -2.39. The average molecular weight is 438 g/mol. The van der Waals surface area contributed by atoms with Crippen molar-refractivity contribution >= 4 is 29.9 Å². The minimum absolute atomic E-state index is 0. The average Bonchev–Trinajstić information content (AvgIpc) is 2.39. The first-order chi connectivity index (χ1) is 9.89. The van der Waals surface area contributed by atoms with Crippen LogP contribution in [-0.2, 0) is 0 Å². The van der Waals surface area contributed by atoms with Gasteiger partial charge in [-0.2, -0.15) is 13.2 Å². The number of nitrogens with zero attached hydrogens (tertiary/aromatic N) is 2. The fourth-order valence-electron chi connectivity index (χ4n) is 1.92. The van der Waals surface area contributed by atoms with E-state index < -0.39 is 12.7 Å². The zero-order valence-corrected chi connectivity index (χ0v) is 16.1. The molecule has 0 unspecified atom stereocenters. The molecule has 0 atom stereocenters. The molecular weight excluding hydrogens is 408 g/mol. The van der Waals surface area contributed by atoms with Gasteiger partial charge in [0.15, 0.2) is 5.96 Å². The molecule has 0 saturated heterocycles. The molecule has 0 aromatic heterocycles. The van der Waals surface area contributed by atoms with Crippen molar-refractivity contribution in [2.24, 2.45) is 4.99 Å². The van der Waals surface area contributed by atoms with Crippen LogP contribution >= 0.6 is 24.0 Å². The quantitative estimate of drug-likeness (QED) is 0.238. The molecule has 8 heteroatoms. The van der Waals surface area contributed by atoms with Crippen molar-refractivity contribution in [1.82, 2.24) is 15.5 Å². The smallest absolute Gasteiger partial charge is 0.356 e. The third-order valence-electron chi connectivity index (χ3n) is 3.00. The van der Waals surface area contributed by atoms with E-state index in [0.29, 0.717) is 25.5 Å². The van der Waals surface area contributed by atoms with Crippen LogP contribution in [0.4, 0.5) is 13.2 Å². The van der Waals surface area contributed by atoms with E-state index in [1.54, 1.807) is 7.05 Å². The standard InChI is InChI=1S/C14H29F3N4.HI/c1-4-5-6-7-9-19-13(18-2)20-10-8-11-21(3)12-14(15,16)17;/h4-12H2,1-3H3,(H2,18,19,20);1H. The second-order valence-electron chi connectivity index (χ2n) is 5.19. The van der Waals surface area contributed by atoms with Crippen LogP contribution < -0.4 is 10.6 Å². The maximum atomic E-state index is 12.1. The van der Waals surface area contributed by atoms with Gasteiger partial charge in [-0.1, -0.05) is 26.2 Å². The molecule has 0 aliphatic carbocycles. The lowest BCUT2D eigenvalue weighted by atomic mass is 10.2. The molecule has 0 rings (SSSR count). The highest BCUT2D eigenvalue weighted by Gasteiger charge is 2.28. The fourth-order valence-corrected chi connectivity index (χ4v) is 1.92. The van der Waals surface area contributed by atoms with Crippen LogP contribution in [0.25, 0.3) is 0 Å². The molecule has 0 fully saturated rings. The van der Waals surface area contributed by atoms with Gasteiger partial charge in [-0.05, 0) is 26.4 Å². The molecule has 0 spiro atoms. The predicted molar refractivity (Wildman–Crippen MR) is 97.1 cm³/mol. The Balaban J connectivity index is 0. The van der Waals surface area contributed by atoms with Crippen LogP contribution in [0.2, 0.25) is 0 Å². The topological polar surface area (TPSA) is 39.7 Å². The van der Waals surface area contributed by atoms with Gasteiger partial charge in [-0.3, -0.25) is 9.89 Å². The molecule has 22 heavy (non-hydrogen) atoms. The van der Waals surface area contributed by atoms with Gasteiger partial charge in [0.1, 0.15) is 0 Å². The van der Waals surface area contributed by atoms with Crippen molar-refractivity contribution in [2.75, 3.05) is 40.3 Å². The number of halogens is 4. The van der Waals surface area contributed by atoms with Crippen LogP contribution in [0, 0.1) is 0 Å². The Labute approximate surface area is 149 Å². The zero-order chi connectivity index (χ0) is 16.1. The van der Waals surface area contributed by atoms with Gasteiger partial charge in [0.05, 0.1) is 6.54 Å². The number of guanidine groups is 1. The molecule has 0 radical (unpaired) electrons. The minimum atomic E-state index is -4.13. The highest BCUT2D eigenvalue weighted by molar-refractivity contribution is 14.0. The summed E-state index contributed by atoms with van der Waals surface area (Å²) in [7, 11) is 3.17. The molecule has 0 heterocycles. The molecule has 0 saturated carbocycles. The molecule has 0 amide bonds. The molecule has 2 N–H and O–H groups in total. The summed E-state index contributed by atoms with van der Waals surface area (Å²) in [5.74, 6) is 0.713. The molecule has 0 aromatic carbocycles. The van der Waals surface area contributed by atoms with E-state index in [1.807, 2.05) is 0 Å². The van der Waals surface area contributed by atoms with E-state index in [9.17, 15) is 13.2 Å². The Bertz CT molecular complexity index is 286. The van der Waals surface area contributed by atoms with E-state index in [2.05, 4.69) is 22.5 Å². The molecule has 4 nitrogen and oxygen atoms in total. The highest BCUT2D eigenvalue weighted by Crippen LogP contribution is 2.15. The summed E-state index contributed by atoms with van der Waals surface area (Å²) in [6.07, 6.45) is 1.25. The van der Waals surface area contributed by atoms with Gasteiger partial charge in [0.25, 0.3) is 0 Å². The van der Waals surface area contributed by atoms with Gasteiger partial charge >= 0.3 is 6.18 Å². The van der Waals surface area contributed by atoms with E-state index in [1.165, 1.54) is 31.2 Å². The first-order valence-corrected chi connectivity index (χ1v) is 7.59. The summed E-state index contributed by atoms with van der Waals surface area (Å²) in [5.41, 5.74) is 0. The number of aliphatic imine (C=N–C) groups is 1. The number of alkyl halides is 3.